The number of nitrogens with one attached hydrogen (secondary N) is 1. The molecule has 1 N–H and O–H groups in total. The lowest BCUT2D eigenvalue weighted by molar-refractivity contribution is -0.121. The first-order valence-electron chi connectivity index (χ1n) is 6.89. The van der Waals surface area contributed by atoms with E-state index in [1.807, 2.05) is 20.8 Å². The predicted molar refractivity (Wildman–Crippen MR) is 76.4 cm³/mol. The number of imide groups is 1. The highest BCUT2D eigenvalue weighted by molar-refractivity contribution is 6.22. The van der Waals surface area contributed by atoms with Gasteiger partial charge in [-0.3, -0.25) is 9.59 Å². The summed E-state index contributed by atoms with van der Waals surface area (Å²) in [6.07, 6.45) is 0.171. The van der Waals surface area contributed by atoms with Crippen LogP contribution < -0.4 is 19.7 Å². The molecule has 1 fully saturated rings. The van der Waals surface area contributed by atoms with E-state index in [-0.39, 0.29) is 30.6 Å². The quantitative estimate of drug-likeness (QED) is 0.835. The molecule has 1 aromatic carbocycles. The van der Waals surface area contributed by atoms with E-state index in [2.05, 4.69) is 5.32 Å². The van der Waals surface area contributed by atoms with Crippen molar-refractivity contribution in [1.29, 1.82) is 0 Å². The molecule has 0 unspecified atom stereocenters. The van der Waals surface area contributed by atoms with E-state index in [9.17, 15) is 9.59 Å². The van der Waals surface area contributed by atoms with Gasteiger partial charge in [0, 0.05) is 11.6 Å². The van der Waals surface area contributed by atoms with Crippen LogP contribution >= 0.6 is 0 Å². The first kappa shape index (κ1) is 13.9. The first-order chi connectivity index (χ1) is 9.85. The highest BCUT2D eigenvalue weighted by Gasteiger charge is 2.41. The van der Waals surface area contributed by atoms with Gasteiger partial charge in [-0.25, -0.2) is 4.90 Å². The van der Waals surface area contributed by atoms with Crippen molar-refractivity contribution in [3.05, 3.63) is 18.2 Å². The normalized spacial score (nSPS) is 21.3. The summed E-state index contributed by atoms with van der Waals surface area (Å²) in [7, 11) is 0. The van der Waals surface area contributed by atoms with Crippen LogP contribution in [-0.4, -0.2) is 30.2 Å². The van der Waals surface area contributed by atoms with E-state index >= 15 is 0 Å². The molecule has 2 heterocycles. The maximum absolute atomic E-state index is 12.5. The minimum absolute atomic E-state index is 0.162. The number of carbonyl (C=O) groups is 2. The summed E-state index contributed by atoms with van der Waals surface area (Å²) in [4.78, 5) is 25.9. The molecule has 6 heteroatoms. The molecule has 0 aliphatic carbocycles. The van der Waals surface area contributed by atoms with Gasteiger partial charge < -0.3 is 14.8 Å². The smallest absolute Gasteiger partial charge is 0.251 e. The Morgan fingerprint density at radius 1 is 1.19 bits per heavy atom. The molecule has 0 spiro atoms. The third-order valence-corrected chi connectivity index (χ3v) is 3.37. The monoisotopic (exact) mass is 290 g/mol. The van der Waals surface area contributed by atoms with Crippen molar-refractivity contribution in [2.75, 3.05) is 11.7 Å². The molecule has 21 heavy (non-hydrogen) atoms. The standard InChI is InChI=1S/C15H18N2O4/c1-15(2,3)16-10-7-13(18)17(14(10)19)9-4-5-11-12(6-9)21-8-20-11/h4-6,10,16H,7-8H2,1-3H3/t10-/m1/s1. The van der Waals surface area contributed by atoms with Gasteiger partial charge in [-0.05, 0) is 32.9 Å². The summed E-state index contributed by atoms with van der Waals surface area (Å²) < 4.78 is 10.5. The van der Waals surface area contributed by atoms with Gasteiger partial charge in [0.05, 0.1) is 18.2 Å². The highest BCUT2D eigenvalue weighted by atomic mass is 16.7. The Kier molecular flexibility index (Phi) is 3.13. The third-order valence-electron chi connectivity index (χ3n) is 3.37. The molecule has 1 atom stereocenters. The summed E-state index contributed by atoms with van der Waals surface area (Å²) in [5.74, 6) is 0.747. The van der Waals surface area contributed by atoms with Gasteiger partial charge in [0.15, 0.2) is 11.5 Å². The summed E-state index contributed by atoms with van der Waals surface area (Å²) >= 11 is 0. The Hall–Kier alpha value is -2.08. The average molecular weight is 290 g/mol. The average Bonchev–Trinajstić information content (AvgIpc) is 2.92. The molecule has 6 nitrogen and oxygen atoms in total. The maximum Gasteiger partial charge on any atom is 0.251 e. The zero-order valence-corrected chi connectivity index (χ0v) is 12.3. The number of hydrogen-bond acceptors (Lipinski definition) is 5. The highest BCUT2D eigenvalue weighted by Crippen LogP contribution is 2.36. The summed E-state index contributed by atoms with van der Waals surface area (Å²) in [5, 5.41) is 3.18. The van der Waals surface area contributed by atoms with Crippen molar-refractivity contribution in [2.24, 2.45) is 0 Å². The maximum atomic E-state index is 12.5. The first-order valence-corrected chi connectivity index (χ1v) is 6.89. The largest absolute Gasteiger partial charge is 0.454 e. The second-order valence-corrected chi connectivity index (χ2v) is 6.26. The fourth-order valence-corrected chi connectivity index (χ4v) is 2.56. The number of amides is 2. The molecule has 1 saturated heterocycles. The molecule has 3 rings (SSSR count). The number of rotatable bonds is 2. The lowest BCUT2D eigenvalue weighted by atomic mass is 10.1. The van der Waals surface area contributed by atoms with E-state index in [0.29, 0.717) is 17.2 Å². The Morgan fingerprint density at radius 2 is 1.90 bits per heavy atom. The van der Waals surface area contributed by atoms with Gasteiger partial charge >= 0.3 is 0 Å². The number of anilines is 1. The number of ether oxygens (including phenoxy) is 2. The van der Waals surface area contributed by atoms with Gasteiger partial charge in [0.25, 0.3) is 5.91 Å². The van der Waals surface area contributed by atoms with Crippen molar-refractivity contribution >= 4 is 17.5 Å². The Balaban J connectivity index is 1.85. The van der Waals surface area contributed by atoms with Crippen molar-refractivity contribution in [1.82, 2.24) is 5.32 Å². The van der Waals surface area contributed by atoms with Crippen LogP contribution in [0.15, 0.2) is 18.2 Å². The zero-order valence-electron chi connectivity index (χ0n) is 12.3. The summed E-state index contributed by atoms with van der Waals surface area (Å²) in [6.45, 7) is 6.06. The third kappa shape index (κ3) is 2.58. The van der Waals surface area contributed by atoms with Crippen LogP contribution in [0.25, 0.3) is 0 Å². The Morgan fingerprint density at radius 3 is 2.62 bits per heavy atom. The molecule has 2 aliphatic rings. The number of carbonyl (C=O) groups excluding carboxylic acids is 2. The molecule has 2 aliphatic heterocycles. The number of benzene rings is 1. The number of nitrogens with zero attached hydrogens (tertiary/aromatic N) is 1. The molecule has 1 aromatic rings. The van der Waals surface area contributed by atoms with E-state index in [1.54, 1.807) is 18.2 Å². The van der Waals surface area contributed by atoms with Gasteiger partial charge in [-0.15, -0.1) is 0 Å². The second-order valence-electron chi connectivity index (χ2n) is 6.26. The number of hydrogen-bond donors (Lipinski definition) is 1. The van der Waals surface area contributed by atoms with Crippen molar-refractivity contribution in [3.63, 3.8) is 0 Å². The molecule has 0 bridgehead atoms. The Labute approximate surface area is 123 Å². The van der Waals surface area contributed by atoms with E-state index in [1.165, 1.54) is 4.90 Å². The lowest BCUT2D eigenvalue weighted by Gasteiger charge is -2.24. The van der Waals surface area contributed by atoms with Gasteiger partial charge in [-0.2, -0.15) is 0 Å². The van der Waals surface area contributed by atoms with Gasteiger partial charge in [0.2, 0.25) is 12.7 Å². The van der Waals surface area contributed by atoms with Crippen LogP contribution in [0, 0.1) is 0 Å². The predicted octanol–water partition coefficient (Wildman–Crippen LogP) is 1.44. The van der Waals surface area contributed by atoms with Crippen molar-refractivity contribution in [2.45, 2.75) is 38.8 Å². The van der Waals surface area contributed by atoms with Crippen LogP contribution in [-0.2, 0) is 9.59 Å². The van der Waals surface area contributed by atoms with E-state index in [4.69, 9.17) is 9.47 Å². The molecule has 0 saturated carbocycles. The van der Waals surface area contributed by atoms with E-state index in [0.717, 1.165) is 0 Å². The molecule has 0 radical (unpaired) electrons. The molecule has 112 valence electrons. The van der Waals surface area contributed by atoms with Crippen LogP contribution in [0.3, 0.4) is 0 Å². The van der Waals surface area contributed by atoms with E-state index < -0.39 is 6.04 Å². The van der Waals surface area contributed by atoms with Gasteiger partial charge in [0.1, 0.15) is 0 Å². The Bertz CT molecular complexity index is 606. The molecule has 0 aromatic heterocycles. The topological polar surface area (TPSA) is 67.9 Å². The van der Waals surface area contributed by atoms with Crippen LogP contribution in [0.4, 0.5) is 5.69 Å². The van der Waals surface area contributed by atoms with Crippen LogP contribution in [0.2, 0.25) is 0 Å². The lowest BCUT2D eigenvalue weighted by Crippen LogP contribution is -2.47. The number of fused-ring (bicyclic) bond motifs is 1. The SMILES string of the molecule is CC(C)(C)N[C@@H]1CC(=O)N(c2ccc3c(c2)OCO3)C1=O. The van der Waals surface area contributed by atoms with Crippen LogP contribution in [0.1, 0.15) is 27.2 Å². The van der Waals surface area contributed by atoms with Gasteiger partial charge in [-0.1, -0.05) is 0 Å². The summed E-state index contributed by atoms with van der Waals surface area (Å²) in [6, 6.07) is 4.59. The zero-order chi connectivity index (χ0) is 15.2. The fraction of sp³-hybridized carbons (Fsp3) is 0.467. The van der Waals surface area contributed by atoms with Crippen molar-refractivity contribution in [3.8, 4) is 11.5 Å². The molecule has 2 amide bonds. The second kappa shape index (κ2) is 4.73. The van der Waals surface area contributed by atoms with Crippen LogP contribution in [0.5, 0.6) is 11.5 Å². The molecular formula is C15H18N2O4. The minimum atomic E-state index is -0.483. The minimum Gasteiger partial charge on any atom is -0.454 e. The summed E-state index contributed by atoms with van der Waals surface area (Å²) in [5.41, 5.74) is 0.290. The molecular weight excluding hydrogens is 272 g/mol. The van der Waals surface area contributed by atoms with Crippen molar-refractivity contribution < 1.29 is 19.1 Å². The fourth-order valence-electron chi connectivity index (χ4n) is 2.56.